The van der Waals surface area contributed by atoms with Gasteiger partial charge in [-0.05, 0) is 84.3 Å². The second-order valence-corrected chi connectivity index (χ2v) is 9.65. The highest BCUT2D eigenvalue weighted by atomic mass is 19.1. The normalized spacial score (nSPS) is 13.8. The van der Waals surface area contributed by atoms with E-state index in [9.17, 15) is 9.18 Å². The zero-order chi connectivity index (χ0) is 26.1. The SMILES string of the molecule is COc1ccnc([C@@H](NC(=O)c2cc(Cn3ccn(C)c3=N)cc(-c3ccc(F)cc3C)c2)C2CC2)c1. The van der Waals surface area contributed by atoms with Crippen molar-refractivity contribution in [2.45, 2.75) is 32.4 Å². The van der Waals surface area contributed by atoms with Gasteiger partial charge in [0.05, 0.1) is 25.4 Å². The van der Waals surface area contributed by atoms with Crippen LogP contribution >= 0.6 is 0 Å². The lowest BCUT2D eigenvalue weighted by Crippen LogP contribution is -2.30. The van der Waals surface area contributed by atoms with Crippen LogP contribution in [-0.2, 0) is 13.6 Å². The number of rotatable bonds is 8. The van der Waals surface area contributed by atoms with Gasteiger partial charge in [0.15, 0.2) is 0 Å². The van der Waals surface area contributed by atoms with Crippen molar-refractivity contribution in [1.82, 2.24) is 19.4 Å². The third-order valence-corrected chi connectivity index (χ3v) is 6.87. The van der Waals surface area contributed by atoms with Crippen molar-refractivity contribution in [3.63, 3.8) is 0 Å². The first-order chi connectivity index (χ1) is 17.8. The number of aromatic nitrogens is 3. The summed E-state index contributed by atoms with van der Waals surface area (Å²) in [5, 5.41) is 11.5. The molecule has 1 amide bonds. The van der Waals surface area contributed by atoms with Crippen LogP contribution < -0.4 is 15.7 Å². The van der Waals surface area contributed by atoms with Crippen LogP contribution in [0.4, 0.5) is 4.39 Å². The van der Waals surface area contributed by atoms with E-state index in [4.69, 9.17) is 10.1 Å². The summed E-state index contributed by atoms with van der Waals surface area (Å²) in [7, 11) is 3.43. The van der Waals surface area contributed by atoms with Crippen molar-refractivity contribution >= 4 is 5.91 Å². The van der Waals surface area contributed by atoms with E-state index in [1.807, 2.05) is 55.2 Å². The van der Waals surface area contributed by atoms with Crippen LogP contribution in [0.15, 0.2) is 67.1 Å². The molecule has 0 unspecified atom stereocenters. The number of nitrogens with zero attached hydrogens (tertiary/aromatic N) is 3. The van der Waals surface area contributed by atoms with Gasteiger partial charge in [-0.2, -0.15) is 0 Å². The van der Waals surface area contributed by atoms with Crippen LogP contribution in [0.2, 0.25) is 0 Å². The Morgan fingerprint density at radius 1 is 1.19 bits per heavy atom. The quantitative estimate of drug-likeness (QED) is 0.367. The molecule has 37 heavy (non-hydrogen) atoms. The summed E-state index contributed by atoms with van der Waals surface area (Å²) in [5.41, 5.74) is 4.98. The van der Waals surface area contributed by atoms with E-state index in [0.717, 1.165) is 40.8 Å². The molecule has 0 radical (unpaired) electrons. The van der Waals surface area contributed by atoms with Gasteiger partial charge in [-0.1, -0.05) is 6.07 Å². The Hall–Kier alpha value is -4.20. The van der Waals surface area contributed by atoms with Crippen molar-refractivity contribution in [2.75, 3.05) is 7.11 Å². The van der Waals surface area contributed by atoms with Gasteiger partial charge in [0.25, 0.3) is 5.91 Å². The summed E-state index contributed by atoms with van der Waals surface area (Å²) in [5.74, 6) is 0.531. The van der Waals surface area contributed by atoms with Crippen molar-refractivity contribution in [2.24, 2.45) is 13.0 Å². The minimum absolute atomic E-state index is 0.200. The van der Waals surface area contributed by atoms with Crippen LogP contribution in [0.25, 0.3) is 11.1 Å². The molecule has 2 aromatic heterocycles. The standard InChI is InChI=1S/C29H30FN5O2/c1-18-12-23(30)6-7-25(18)21-13-19(17-35-11-10-34(2)29(35)31)14-22(15-21)28(36)33-27(20-4-5-20)26-16-24(37-3)8-9-32-26/h6-16,20,27,31H,4-5,17H2,1-3H3,(H,33,36)/t27-/m0/s1. The smallest absolute Gasteiger partial charge is 0.251 e. The fraction of sp³-hybridized carbons (Fsp3) is 0.276. The number of hydrogen-bond donors (Lipinski definition) is 2. The molecule has 1 aliphatic carbocycles. The fourth-order valence-corrected chi connectivity index (χ4v) is 4.68. The molecule has 0 saturated heterocycles. The number of pyridine rings is 1. The number of imidazole rings is 1. The molecule has 1 atom stereocenters. The second kappa shape index (κ2) is 10.0. The van der Waals surface area contributed by atoms with Gasteiger partial charge in [-0.3, -0.25) is 15.2 Å². The Labute approximate surface area is 215 Å². The van der Waals surface area contributed by atoms with E-state index >= 15 is 0 Å². The summed E-state index contributed by atoms with van der Waals surface area (Å²) >= 11 is 0. The molecule has 2 aromatic carbocycles. The lowest BCUT2D eigenvalue weighted by atomic mass is 9.95. The van der Waals surface area contributed by atoms with Gasteiger partial charge < -0.3 is 19.2 Å². The Kier molecular flexibility index (Phi) is 6.65. The van der Waals surface area contributed by atoms with Crippen molar-refractivity contribution in [1.29, 1.82) is 5.41 Å². The lowest BCUT2D eigenvalue weighted by Gasteiger charge is -2.19. The van der Waals surface area contributed by atoms with Crippen LogP contribution in [0.1, 0.15) is 46.1 Å². The van der Waals surface area contributed by atoms with E-state index in [1.54, 1.807) is 30.0 Å². The van der Waals surface area contributed by atoms with Crippen LogP contribution in [0, 0.1) is 24.1 Å². The number of ether oxygens (including phenoxy) is 1. The maximum atomic E-state index is 13.8. The molecule has 4 aromatic rings. The van der Waals surface area contributed by atoms with Crippen molar-refractivity contribution in [3.05, 3.63) is 101 Å². The van der Waals surface area contributed by atoms with Crippen LogP contribution in [-0.4, -0.2) is 27.1 Å². The number of halogens is 1. The Morgan fingerprint density at radius 3 is 2.68 bits per heavy atom. The second-order valence-electron chi connectivity index (χ2n) is 9.65. The van der Waals surface area contributed by atoms with E-state index in [-0.39, 0.29) is 17.8 Å². The predicted molar refractivity (Wildman–Crippen MR) is 139 cm³/mol. The monoisotopic (exact) mass is 499 g/mol. The molecule has 0 aliphatic heterocycles. The van der Waals surface area contributed by atoms with Crippen molar-refractivity contribution in [3.8, 4) is 16.9 Å². The average molecular weight is 500 g/mol. The van der Waals surface area contributed by atoms with Gasteiger partial charge in [-0.15, -0.1) is 0 Å². The highest BCUT2D eigenvalue weighted by Crippen LogP contribution is 2.41. The highest BCUT2D eigenvalue weighted by molar-refractivity contribution is 5.96. The largest absolute Gasteiger partial charge is 0.497 e. The lowest BCUT2D eigenvalue weighted by molar-refractivity contribution is 0.0930. The first-order valence-electron chi connectivity index (χ1n) is 12.3. The minimum Gasteiger partial charge on any atom is -0.497 e. The predicted octanol–water partition coefficient (Wildman–Crippen LogP) is 4.75. The number of nitrogens with one attached hydrogen (secondary N) is 2. The van der Waals surface area contributed by atoms with E-state index in [2.05, 4.69) is 10.3 Å². The number of carbonyl (C=O) groups excluding carboxylic acids is 1. The molecular weight excluding hydrogens is 469 g/mol. The third kappa shape index (κ3) is 5.33. The number of benzene rings is 2. The third-order valence-electron chi connectivity index (χ3n) is 6.87. The zero-order valence-corrected chi connectivity index (χ0v) is 21.2. The van der Waals surface area contributed by atoms with Crippen molar-refractivity contribution < 1.29 is 13.9 Å². The van der Waals surface area contributed by atoms with Gasteiger partial charge in [-0.25, -0.2) is 4.39 Å². The molecule has 1 aliphatic rings. The van der Waals surface area contributed by atoms with Gasteiger partial charge in [0.2, 0.25) is 5.62 Å². The highest BCUT2D eigenvalue weighted by Gasteiger charge is 2.35. The molecule has 7 nitrogen and oxygen atoms in total. The molecule has 190 valence electrons. The van der Waals surface area contributed by atoms with E-state index in [1.165, 1.54) is 12.1 Å². The Balaban J connectivity index is 1.52. The zero-order valence-electron chi connectivity index (χ0n) is 21.2. The number of carbonyl (C=O) groups is 1. The maximum absolute atomic E-state index is 13.8. The van der Waals surface area contributed by atoms with E-state index < -0.39 is 0 Å². The number of methoxy groups -OCH3 is 1. The molecule has 0 bridgehead atoms. The van der Waals surface area contributed by atoms with Crippen LogP contribution in [0.3, 0.4) is 0 Å². The van der Waals surface area contributed by atoms with Crippen LogP contribution in [0.5, 0.6) is 5.75 Å². The molecular formula is C29H30FN5O2. The Bertz CT molecular complexity index is 1520. The molecule has 1 fully saturated rings. The topological polar surface area (TPSA) is 84.9 Å². The molecule has 8 heteroatoms. The van der Waals surface area contributed by atoms with Gasteiger partial charge in [0, 0.05) is 37.3 Å². The molecule has 5 rings (SSSR count). The first-order valence-corrected chi connectivity index (χ1v) is 12.3. The maximum Gasteiger partial charge on any atom is 0.251 e. The summed E-state index contributed by atoms with van der Waals surface area (Å²) in [6.07, 6.45) is 7.42. The van der Waals surface area contributed by atoms with Gasteiger partial charge in [0.1, 0.15) is 11.6 Å². The summed E-state index contributed by atoms with van der Waals surface area (Å²) < 4.78 is 22.7. The Morgan fingerprint density at radius 2 is 2.00 bits per heavy atom. The fourth-order valence-electron chi connectivity index (χ4n) is 4.68. The number of aryl methyl sites for hydroxylation is 2. The van der Waals surface area contributed by atoms with E-state index in [0.29, 0.717) is 29.4 Å². The number of amides is 1. The molecule has 0 spiro atoms. The number of hydrogen-bond acceptors (Lipinski definition) is 4. The average Bonchev–Trinajstić information content (AvgIpc) is 3.69. The first kappa shape index (κ1) is 24.5. The molecule has 1 saturated carbocycles. The minimum atomic E-state index is -0.299. The summed E-state index contributed by atoms with van der Waals surface area (Å²) in [6.45, 7) is 2.29. The summed E-state index contributed by atoms with van der Waals surface area (Å²) in [4.78, 5) is 18.1. The molecule has 2 heterocycles. The molecule has 2 N–H and O–H groups in total. The van der Waals surface area contributed by atoms with Gasteiger partial charge >= 0.3 is 0 Å². The summed E-state index contributed by atoms with van der Waals surface area (Å²) in [6, 6.07) is 13.8.